The van der Waals surface area contributed by atoms with Crippen LogP contribution in [0.5, 0.6) is 0 Å². The first-order valence-corrected chi connectivity index (χ1v) is 13.9. The van der Waals surface area contributed by atoms with E-state index in [1.54, 1.807) is 32.0 Å². The number of benzene rings is 1. The smallest absolute Gasteiger partial charge is 0.306 e. The molecule has 1 aromatic heterocycles. The predicted molar refractivity (Wildman–Crippen MR) is 134 cm³/mol. The number of sulfonamides is 1. The molecule has 9 nitrogen and oxygen atoms in total. The summed E-state index contributed by atoms with van der Waals surface area (Å²) in [5, 5.41) is 3.00. The fraction of sp³-hybridized carbons (Fsp3) is 0.640. The van der Waals surface area contributed by atoms with Gasteiger partial charge in [0.05, 0.1) is 22.3 Å². The first-order valence-electron chi connectivity index (χ1n) is 12.5. The highest BCUT2D eigenvalue weighted by atomic mass is 32.2. The van der Waals surface area contributed by atoms with Crippen molar-refractivity contribution in [3.05, 3.63) is 24.0 Å². The highest BCUT2D eigenvalue weighted by Gasteiger charge is 2.28. The molecule has 0 unspecified atom stereocenters. The van der Waals surface area contributed by atoms with Gasteiger partial charge < -0.3 is 14.6 Å². The number of nitrogens with one attached hydrogen (secondary N) is 1. The zero-order valence-corrected chi connectivity index (χ0v) is 22.2. The van der Waals surface area contributed by atoms with Crippen molar-refractivity contribution in [1.82, 2.24) is 19.2 Å². The minimum absolute atomic E-state index is 0.0753. The van der Waals surface area contributed by atoms with E-state index in [2.05, 4.69) is 24.1 Å². The van der Waals surface area contributed by atoms with Gasteiger partial charge in [0, 0.05) is 32.6 Å². The third kappa shape index (κ3) is 6.22. The third-order valence-corrected chi connectivity index (χ3v) is 9.30. The van der Waals surface area contributed by atoms with Crippen LogP contribution in [-0.2, 0) is 37.8 Å². The Morgan fingerprint density at radius 1 is 1.20 bits per heavy atom. The highest BCUT2D eigenvalue weighted by molar-refractivity contribution is 7.89. The molecule has 1 fully saturated rings. The molecule has 3 rings (SSSR count). The summed E-state index contributed by atoms with van der Waals surface area (Å²) in [7, 11) is -1.76. The largest absolute Gasteiger partial charge is 0.456 e. The van der Waals surface area contributed by atoms with Crippen LogP contribution < -0.4 is 5.32 Å². The molecule has 1 aliphatic carbocycles. The van der Waals surface area contributed by atoms with Gasteiger partial charge in [-0.3, -0.25) is 9.59 Å². The second-order valence-electron chi connectivity index (χ2n) is 9.43. The number of hydrogen-bond acceptors (Lipinski definition) is 6. The molecule has 194 valence electrons. The van der Waals surface area contributed by atoms with E-state index in [0.29, 0.717) is 42.7 Å². The van der Waals surface area contributed by atoms with Crippen molar-refractivity contribution in [3.63, 3.8) is 0 Å². The fourth-order valence-corrected chi connectivity index (χ4v) is 6.27. The van der Waals surface area contributed by atoms with E-state index in [9.17, 15) is 18.0 Å². The molecule has 2 aromatic rings. The van der Waals surface area contributed by atoms with E-state index in [4.69, 9.17) is 4.74 Å². The summed E-state index contributed by atoms with van der Waals surface area (Å²) in [5.41, 5.74) is 1.33. The monoisotopic (exact) mass is 506 g/mol. The summed E-state index contributed by atoms with van der Waals surface area (Å²) in [6, 6.07) is 5.02. The molecule has 35 heavy (non-hydrogen) atoms. The van der Waals surface area contributed by atoms with Crippen LogP contribution in [0.25, 0.3) is 11.0 Å². The van der Waals surface area contributed by atoms with Gasteiger partial charge >= 0.3 is 5.97 Å². The number of carbonyl (C=O) groups excluding carboxylic acids is 2. The van der Waals surface area contributed by atoms with Crippen molar-refractivity contribution < 1.29 is 22.7 Å². The Morgan fingerprint density at radius 2 is 1.91 bits per heavy atom. The molecular weight excluding hydrogens is 468 g/mol. The van der Waals surface area contributed by atoms with E-state index in [-0.39, 0.29) is 29.9 Å². The maximum atomic E-state index is 12.8. The van der Waals surface area contributed by atoms with Crippen molar-refractivity contribution in [2.75, 3.05) is 19.7 Å². The summed E-state index contributed by atoms with van der Waals surface area (Å²) in [6.07, 6.45) is 3.62. The molecule has 0 spiro atoms. The number of fused-ring (bicyclic) bond motifs is 1. The van der Waals surface area contributed by atoms with Crippen LogP contribution in [0, 0.1) is 11.8 Å². The van der Waals surface area contributed by atoms with Gasteiger partial charge in [-0.25, -0.2) is 13.4 Å². The lowest BCUT2D eigenvalue weighted by Gasteiger charge is -2.34. The second kappa shape index (κ2) is 11.5. The number of hydrogen-bond donors (Lipinski definition) is 1. The number of ether oxygens (including phenoxy) is 1. The number of imidazole rings is 1. The van der Waals surface area contributed by atoms with Crippen LogP contribution in [0.1, 0.15) is 59.2 Å². The van der Waals surface area contributed by atoms with E-state index in [0.717, 1.165) is 18.4 Å². The van der Waals surface area contributed by atoms with Crippen LogP contribution in [0.15, 0.2) is 23.1 Å². The Balaban J connectivity index is 1.57. The average Bonchev–Trinajstić information content (AvgIpc) is 3.14. The number of aromatic nitrogens is 2. The zero-order valence-electron chi connectivity index (χ0n) is 21.4. The molecule has 0 saturated heterocycles. The van der Waals surface area contributed by atoms with Gasteiger partial charge in [-0.1, -0.05) is 40.5 Å². The molecule has 0 bridgehead atoms. The minimum Gasteiger partial charge on any atom is -0.456 e. The van der Waals surface area contributed by atoms with Gasteiger partial charge in [-0.05, 0) is 36.5 Å². The van der Waals surface area contributed by atoms with Gasteiger partial charge in [-0.15, -0.1) is 0 Å². The predicted octanol–water partition coefficient (Wildman–Crippen LogP) is 3.02. The van der Waals surface area contributed by atoms with E-state index >= 15 is 0 Å². The normalized spacial score (nSPS) is 20.8. The van der Waals surface area contributed by atoms with E-state index in [1.165, 1.54) is 10.7 Å². The van der Waals surface area contributed by atoms with Crippen molar-refractivity contribution in [3.8, 4) is 0 Å². The number of carbonyl (C=O) groups is 2. The van der Waals surface area contributed by atoms with Gasteiger partial charge in [-0.2, -0.15) is 4.31 Å². The summed E-state index contributed by atoms with van der Waals surface area (Å²) in [4.78, 5) is 29.3. The molecule has 1 aliphatic rings. The number of rotatable bonds is 10. The van der Waals surface area contributed by atoms with Crippen molar-refractivity contribution in [2.45, 2.75) is 70.7 Å². The molecule has 1 saturated carbocycles. The molecule has 1 N–H and O–H groups in total. The topological polar surface area (TPSA) is 111 Å². The maximum absolute atomic E-state index is 12.8. The summed E-state index contributed by atoms with van der Waals surface area (Å²) >= 11 is 0. The Morgan fingerprint density at radius 3 is 2.60 bits per heavy atom. The van der Waals surface area contributed by atoms with Crippen LogP contribution in [0.4, 0.5) is 0 Å². The maximum Gasteiger partial charge on any atom is 0.306 e. The average molecular weight is 507 g/mol. The van der Waals surface area contributed by atoms with Crippen LogP contribution in [-0.4, -0.2) is 59.9 Å². The standard InChI is InChI=1S/C25H38N4O5S/c1-6-29(7-2)35(32,33)19-11-12-22-21(15-19)26-23(28(22)5)13-14-25(31)34-16-24(30)27-20-10-8-9-17(3)18(20)4/h11-12,15,17-18,20H,6-10,13-14,16H2,1-5H3,(H,27,30)/t17-,18-,20+/m0/s1. The quantitative estimate of drug-likeness (QED) is 0.496. The molecule has 3 atom stereocenters. The Labute approximate surface area is 208 Å². The van der Waals surface area contributed by atoms with Crippen LogP contribution >= 0.6 is 0 Å². The van der Waals surface area contributed by atoms with Crippen molar-refractivity contribution in [2.24, 2.45) is 18.9 Å². The minimum atomic E-state index is -3.58. The first-order chi connectivity index (χ1) is 16.6. The zero-order chi connectivity index (χ0) is 25.8. The number of esters is 1. The summed E-state index contributed by atoms with van der Waals surface area (Å²) < 4.78 is 34.1. The lowest BCUT2D eigenvalue weighted by atomic mass is 9.78. The first kappa shape index (κ1) is 27.1. The lowest BCUT2D eigenvalue weighted by molar-refractivity contribution is -0.148. The van der Waals surface area contributed by atoms with Gasteiger partial charge in [0.2, 0.25) is 10.0 Å². The second-order valence-corrected chi connectivity index (χ2v) is 11.4. The number of nitrogens with zero attached hydrogens (tertiary/aromatic N) is 3. The van der Waals surface area contributed by atoms with Gasteiger partial charge in [0.15, 0.2) is 6.61 Å². The third-order valence-electron chi connectivity index (χ3n) is 7.26. The van der Waals surface area contributed by atoms with E-state index < -0.39 is 16.0 Å². The molecule has 10 heteroatoms. The SMILES string of the molecule is CCN(CC)S(=O)(=O)c1ccc2c(c1)nc(CCC(=O)OCC(=O)N[C@@H]1CCC[C@H](C)[C@@H]1C)n2C. The molecule has 0 aliphatic heterocycles. The van der Waals surface area contributed by atoms with Crippen LogP contribution in [0.3, 0.4) is 0 Å². The lowest BCUT2D eigenvalue weighted by Crippen LogP contribution is -2.45. The number of amides is 1. The Kier molecular flexibility index (Phi) is 8.93. The summed E-state index contributed by atoms with van der Waals surface area (Å²) in [6.45, 7) is 8.46. The Bertz CT molecular complexity index is 1160. The molecule has 0 radical (unpaired) electrons. The van der Waals surface area contributed by atoms with E-state index in [1.807, 2.05) is 11.6 Å². The molecule has 1 amide bonds. The highest BCUT2D eigenvalue weighted by Crippen LogP contribution is 2.29. The van der Waals surface area contributed by atoms with Crippen molar-refractivity contribution >= 4 is 32.9 Å². The van der Waals surface area contributed by atoms with Crippen LogP contribution in [0.2, 0.25) is 0 Å². The van der Waals surface area contributed by atoms with Gasteiger partial charge in [0.1, 0.15) is 5.82 Å². The number of aryl methyl sites for hydroxylation is 2. The van der Waals surface area contributed by atoms with Crippen molar-refractivity contribution in [1.29, 1.82) is 0 Å². The molecule has 1 aromatic carbocycles. The molecular formula is C25H38N4O5S. The van der Waals surface area contributed by atoms with Gasteiger partial charge in [0.25, 0.3) is 5.91 Å². The summed E-state index contributed by atoms with van der Waals surface area (Å²) in [5.74, 6) is 0.877. The fourth-order valence-electron chi connectivity index (χ4n) is 4.79. The Hall–Kier alpha value is -2.46. The molecule has 1 heterocycles.